The van der Waals surface area contributed by atoms with Gasteiger partial charge in [0.2, 0.25) is 0 Å². The number of aromatic nitrogens is 1. The molecule has 1 heterocycles. The molecule has 0 atom stereocenters. The minimum atomic E-state index is -4.80. The fourth-order valence-corrected chi connectivity index (χ4v) is 7.45. The summed E-state index contributed by atoms with van der Waals surface area (Å²) in [5.74, 6) is 0.347. The van der Waals surface area contributed by atoms with E-state index in [1.807, 2.05) is 0 Å². The number of carbonyl (C=O) groups is 1. The van der Waals surface area contributed by atoms with Crippen LogP contribution in [0.4, 0.5) is 18.9 Å². The summed E-state index contributed by atoms with van der Waals surface area (Å²) in [4.78, 5) is 12.6. The molecule has 7 rings (SSSR count). The van der Waals surface area contributed by atoms with Gasteiger partial charge in [0.15, 0.2) is 0 Å². The van der Waals surface area contributed by atoms with Gasteiger partial charge in [-0.05, 0) is 100.0 Å². The fourth-order valence-electron chi connectivity index (χ4n) is 6.80. The number of hydrogen-bond acceptors (Lipinski definition) is 6. The van der Waals surface area contributed by atoms with Crippen LogP contribution in [-0.2, 0) is 11.2 Å². The third kappa shape index (κ3) is 6.13. The van der Waals surface area contributed by atoms with Crippen molar-refractivity contribution in [2.24, 2.45) is 10.8 Å². The molecule has 4 saturated carbocycles. The molecular weight excluding hydrogens is 601 g/mol. The predicted molar refractivity (Wildman–Crippen MR) is 160 cm³/mol. The first-order valence-corrected chi connectivity index (χ1v) is 15.3. The minimum Gasteiger partial charge on any atom is -0.465 e. The SMILES string of the molecule is COC(=O)c1ccc(NC(=S)C23CCC(CCc4c(-c5ccccc5OC(F)(F)F)noc4C4CC4)(CC2)CC3)c(Cl)c1. The number of anilines is 1. The maximum Gasteiger partial charge on any atom is 0.573 e. The number of halogens is 4. The van der Waals surface area contributed by atoms with Crippen molar-refractivity contribution in [2.45, 2.75) is 76.5 Å². The van der Waals surface area contributed by atoms with Gasteiger partial charge >= 0.3 is 12.3 Å². The monoisotopic (exact) mass is 632 g/mol. The van der Waals surface area contributed by atoms with Crippen LogP contribution in [0.25, 0.3) is 11.3 Å². The normalized spacial score (nSPS) is 23.2. The number of thiocarbonyl (C=S) groups is 1. The van der Waals surface area contributed by atoms with Crippen molar-refractivity contribution in [3.63, 3.8) is 0 Å². The lowest BCUT2D eigenvalue weighted by atomic mass is 9.52. The fraction of sp³-hybridized carbons (Fsp3) is 0.469. The zero-order chi connectivity index (χ0) is 30.4. The molecule has 4 aliphatic carbocycles. The number of benzene rings is 2. The largest absolute Gasteiger partial charge is 0.573 e. The Morgan fingerprint density at radius 3 is 2.44 bits per heavy atom. The molecule has 228 valence electrons. The van der Waals surface area contributed by atoms with Gasteiger partial charge in [-0.25, -0.2) is 4.79 Å². The lowest BCUT2D eigenvalue weighted by Crippen LogP contribution is -2.47. The summed E-state index contributed by atoms with van der Waals surface area (Å²) in [6.07, 6.45) is 4.66. The van der Waals surface area contributed by atoms with Crippen molar-refractivity contribution in [1.82, 2.24) is 5.16 Å². The quantitative estimate of drug-likeness (QED) is 0.186. The van der Waals surface area contributed by atoms with Gasteiger partial charge < -0.3 is 19.3 Å². The summed E-state index contributed by atoms with van der Waals surface area (Å²) in [6.45, 7) is 0. The van der Waals surface area contributed by atoms with Crippen LogP contribution in [0.2, 0.25) is 5.02 Å². The van der Waals surface area contributed by atoms with Gasteiger partial charge in [-0.15, -0.1) is 13.2 Å². The Morgan fingerprint density at radius 2 is 1.81 bits per heavy atom. The Kier molecular flexibility index (Phi) is 7.96. The maximum atomic E-state index is 13.2. The predicted octanol–water partition coefficient (Wildman–Crippen LogP) is 9.27. The first-order valence-electron chi connectivity index (χ1n) is 14.5. The highest BCUT2D eigenvalue weighted by atomic mass is 35.5. The highest BCUT2D eigenvalue weighted by molar-refractivity contribution is 7.80. The number of ether oxygens (including phenoxy) is 2. The minimum absolute atomic E-state index is 0.114. The first-order chi connectivity index (χ1) is 20.5. The average molecular weight is 633 g/mol. The van der Waals surface area contributed by atoms with E-state index in [0.717, 1.165) is 74.1 Å². The summed E-state index contributed by atoms with van der Waals surface area (Å²) in [6, 6.07) is 11.1. The van der Waals surface area contributed by atoms with Gasteiger partial charge in [0.05, 0.1) is 28.4 Å². The molecule has 2 aromatic carbocycles. The highest BCUT2D eigenvalue weighted by Crippen LogP contribution is 2.59. The van der Waals surface area contributed by atoms with E-state index in [2.05, 4.69) is 15.2 Å². The molecule has 0 radical (unpaired) electrons. The Bertz CT molecular complexity index is 1530. The van der Waals surface area contributed by atoms with E-state index in [1.54, 1.807) is 30.3 Å². The molecule has 11 heteroatoms. The standard InChI is InChI=1S/C32H32ClF3N2O4S/c1-40-28(39)20-8-9-24(23(33)18-20)37-29(43)31-15-12-30(13-16-31,14-17-31)11-10-22-26(38-42-27(22)19-6-7-19)21-4-2-3-5-25(21)41-32(34,35)36/h2-5,8-9,18-19H,6-7,10-17H2,1H3,(H,37,43). The smallest absolute Gasteiger partial charge is 0.465 e. The topological polar surface area (TPSA) is 73.6 Å². The van der Waals surface area contributed by atoms with E-state index in [-0.39, 0.29) is 22.5 Å². The lowest BCUT2D eigenvalue weighted by molar-refractivity contribution is -0.274. The Hall–Kier alpha value is -3.11. The van der Waals surface area contributed by atoms with Crippen LogP contribution >= 0.6 is 23.8 Å². The second kappa shape index (κ2) is 11.4. The van der Waals surface area contributed by atoms with Crippen LogP contribution in [-0.4, -0.2) is 29.6 Å². The number of nitrogens with one attached hydrogen (secondary N) is 1. The molecule has 1 N–H and O–H groups in total. The zero-order valence-electron chi connectivity index (χ0n) is 23.7. The maximum absolute atomic E-state index is 13.2. The molecule has 0 unspecified atom stereocenters. The van der Waals surface area contributed by atoms with E-state index in [1.165, 1.54) is 19.2 Å². The molecule has 1 aromatic heterocycles. The van der Waals surface area contributed by atoms with Gasteiger partial charge in [-0.2, -0.15) is 0 Å². The van der Waals surface area contributed by atoms with Crippen LogP contribution < -0.4 is 10.1 Å². The third-order valence-corrected chi connectivity index (χ3v) is 10.4. The highest BCUT2D eigenvalue weighted by Gasteiger charge is 2.50. The molecule has 0 saturated heterocycles. The summed E-state index contributed by atoms with van der Waals surface area (Å²) in [7, 11) is 1.33. The number of para-hydroxylation sites is 1. The average Bonchev–Trinajstić information content (AvgIpc) is 3.76. The number of esters is 1. The molecule has 43 heavy (non-hydrogen) atoms. The lowest BCUT2D eigenvalue weighted by Gasteiger charge is -2.54. The van der Waals surface area contributed by atoms with Crippen molar-refractivity contribution in [2.75, 3.05) is 12.4 Å². The summed E-state index contributed by atoms with van der Waals surface area (Å²) < 4.78 is 54.4. The van der Waals surface area contributed by atoms with Crippen LogP contribution in [0, 0.1) is 10.8 Å². The Morgan fingerprint density at radius 1 is 1.12 bits per heavy atom. The first kappa shape index (κ1) is 29.9. The van der Waals surface area contributed by atoms with Gasteiger partial charge in [0.1, 0.15) is 17.2 Å². The number of methoxy groups -OCH3 is 1. The molecule has 4 fully saturated rings. The number of carbonyl (C=O) groups excluding carboxylic acids is 1. The molecule has 0 spiro atoms. The zero-order valence-corrected chi connectivity index (χ0v) is 25.3. The Labute approximate surface area is 258 Å². The van der Waals surface area contributed by atoms with E-state index in [4.69, 9.17) is 33.1 Å². The third-order valence-electron chi connectivity index (χ3n) is 9.56. The van der Waals surface area contributed by atoms with E-state index in [0.29, 0.717) is 34.0 Å². The van der Waals surface area contributed by atoms with Gasteiger partial charge in [-0.3, -0.25) is 0 Å². The number of nitrogens with zero attached hydrogens (tertiary/aromatic N) is 1. The summed E-state index contributed by atoms with van der Waals surface area (Å²) >= 11 is 12.4. The van der Waals surface area contributed by atoms with E-state index in [9.17, 15) is 18.0 Å². The van der Waals surface area contributed by atoms with Crippen molar-refractivity contribution >= 4 is 40.5 Å². The van der Waals surface area contributed by atoms with Crippen LogP contribution in [0.15, 0.2) is 47.0 Å². The van der Waals surface area contributed by atoms with Crippen LogP contribution in [0.1, 0.15) is 85.4 Å². The number of alkyl halides is 3. The second-order valence-corrected chi connectivity index (χ2v) is 12.9. The van der Waals surface area contributed by atoms with E-state index < -0.39 is 12.3 Å². The van der Waals surface area contributed by atoms with Gasteiger partial charge in [0.25, 0.3) is 0 Å². The molecule has 4 aliphatic rings. The van der Waals surface area contributed by atoms with Crippen LogP contribution in [0.3, 0.4) is 0 Å². The number of rotatable bonds is 9. The molecule has 3 aromatic rings. The van der Waals surface area contributed by atoms with Crippen LogP contribution in [0.5, 0.6) is 5.75 Å². The number of fused-ring (bicyclic) bond motifs is 3. The van der Waals surface area contributed by atoms with E-state index >= 15 is 0 Å². The second-order valence-electron chi connectivity index (χ2n) is 12.1. The molecular formula is C32H32ClF3N2O4S. The van der Waals surface area contributed by atoms with Crippen molar-refractivity contribution in [1.29, 1.82) is 0 Å². The number of hydrogen-bond donors (Lipinski definition) is 1. The van der Waals surface area contributed by atoms with Crippen molar-refractivity contribution < 1.29 is 32.0 Å². The molecule has 2 bridgehead atoms. The van der Waals surface area contributed by atoms with Gasteiger partial charge in [0, 0.05) is 22.5 Å². The van der Waals surface area contributed by atoms with Crippen molar-refractivity contribution in [3.8, 4) is 17.0 Å². The van der Waals surface area contributed by atoms with Crippen molar-refractivity contribution in [3.05, 3.63) is 64.4 Å². The Balaban J connectivity index is 1.15. The van der Waals surface area contributed by atoms with Gasteiger partial charge in [-0.1, -0.05) is 41.1 Å². The summed E-state index contributed by atoms with van der Waals surface area (Å²) in [5.41, 5.74) is 2.70. The summed E-state index contributed by atoms with van der Waals surface area (Å²) in [5, 5.41) is 8.04. The molecule has 0 amide bonds. The molecule has 6 nitrogen and oxygen atoms in total. The molecule has 0 aliphatic heterocycles.